The molecule has 1 aliphatic heterocycles. The van der Waals surface area contributed by atoms with Gasteiger partial charge < -0.3 is 5.11 Å². The molecule has 1 fully saturated rings. The lowest BCUT2D eigenvalue weighted by molar-refractivity contribution is -0.716. The number of sulfonamides is 1. The number of hydrogen-bond donors (Lipinski definition) is 0. The second-order valence-electron chi connectivity index (χ2n) is 8.10. The molecule has 1 saturated heterocycles. The molecule has 3 aromatic rings. The normalized spacial score (nSPS) is 15.6. The van der Waals surface area contributed by atoms with Crippen molar-refractivity contribution in [3.63, 3.8) is 0 Å². The molecule has 0 N–H and O–H groups in total. The Bertz CT molecular complexity index is 1380. The summed E-state index contributed by atoms with van der Waals surface area (Å²) in [5.74, 6) is -0.320. The molecule has 0 unspecified atom stereocenters. The molecule has 0 bridgehead atoms. The van der Waals surface area contributed by atoms with Gasteiger partial charge in [0.05, 0.1) is 34.0 Å². The minimum atomic E-state index is -3.81. The van der Waals surface area contributed by atoms with Gasteiger partial charge in [0.1, 0.15) is 0 Å². The van der Waals surface area contributed by atoms with E-state index in [1.807, 2.05) is 11.8 Å². The molecule has 11 nitrogen and oxygen atoms in total. The lowest BCUT2D eigenvalue weighted by Gasteiger charge is -2.34. The monoisotopic (exact) mass is 487 g/mol. The molecule has 0 atom stereocenters. The Hall–Kier alpha value is -3.35. The third-order valence-corrected chi connectivity index (χ3v) is 7.85. The Labute approximate surface area is 196 Å². The van der Waals surface area contributed by atoms with Crippen LogP contribution < -0.4 is 15.2 Å². The van der Waals surface area contributed by atoms with Crippen LogP contribution in [0, 0.1) is 10.1 Å². The quantitative estimate of drug-likeness (QED) is 0.269. The lowest BCUT2D eigenvalue weighted by atomic mass is 10.2. The Morgan fingerprint density at radius 1 is 1.06 bits per heavy atom. The third-order valence-electron chi connectivity index (χ3n) is 5.94. The van der Waals surface area contributed by atoms with Gasteiger partial charge in [-0.25, -0.2) is 17.8 Å². The summed E-state index contributed by atoms with van der Waals surface area (Å²) in [4.78, 5) is 25.2. The van der Waals surface area contributed by atoms with E-state index in [-0.39, 0.29) is 47.2 Å². The first-order valence-electron chi connectivity index (χ1n) is 10.9. The first kappa shape index (κ1) is 23.8. The van der Waals surface area contributed by atoms with E-state index in [0.717, 1.165) is 18.6 Å². The number of aryl methyl sites for hydroxylation is 1. The van der Waals surface area contributed by atoms with Crippen LogP contribution in [0.3, 0.4) is 0 Å². The van der Waals surface area contributed by atoms with Crippen LogP contribution in [0.15, 0.2) is 58.4 Å². The fraction of sp³-hybridized carbons (Fsp3) is 0.364. The highest BCUT2D eigenvalue weighted by Crippen LogP contribution is 2.21. The van der Waals surface area contributed by atoms with Gasteiger partial charge in [-0.05, 0) is 24.6 Å². The Morgan fingerprint density at radius 2 is 1.74 bits per heavy atom. The van der Waals surface area contributed by atoms with Gasteiger partial charge in [-0.15, -0.1) is 0 Å². The summed E-state index contributed by atoms with van der Waals surface area (Å²) in [5, 5.41) is 23.9. The zero-order chi connectivity index (χ0) is 24.5. The van der Waals surface area contributed by atoms with Crippen molar-refractivity contribution in [3.05, 3.63) is 74.7 Å². The van der Waals surface area contributed by atoms with Crippen molar-refractivity contribution in [2.45, 2.75) is 31.3 Å². The van der Waals surface area contributed by atoms with E-state index in [1.54, 1.807) is 29.0 Å². The summed E-state index contributed by atoms with van der Waals surface area (Å²) < 4.78 is 30.3. The first-order valence-corrected chi connectivity index (χ1v) is 12.4. The number of non-ortho nitro benzene ring substituents is 1. The predicted octanol–water partition coefficient (Wildman–Crippen LogP) is 0.485. The second kappa shape index (κ2) is 9.49. The maximum Gasteiger partial charge on any atom is 0.346 e. The summed E-state index contributed by atoms with van der Waals surface area (Å²) in [5.41, 5.74) is 0.152. The van der Waals surface area contributed by atoms with Gasteiger partial charge in [0, 0.05) is 50.9 Å². The molecule has 1 aliphatic rings. The number of aromatic nitrogens is 2. The van der Waals surface area contributed by atoms with Gasteiger partial charge in [-0.3, -0.25) is 15.0 Å². The maximum absolute atomic E-state index is 13.1. The van der Waals surface area contributed by atoms with Gasteiger partial charge in [-0.1, -0.05) is 13.0 Å². The fourth-order valence-corrected chi connectivity index (χ4v) is 5.57. The molecule has 4 rings (SSSR count). The SMILES string of the molecule is CCC[n+]1c([O-])c(CN2CCN(S(=O)(=O)c3ccc([N+](=O)[O-])cc3)CC2)c(=O)n2ccccc21. The molecule has 3 heterocycles. The van der Waals surface area contributed by atoms with Crippen molar-refractivity contribution in [2.24, 2.45) is 0 Å². The van der Waals surface area contributed by atoms with Crippen molar-refractivity contribution in [1.82, 2.24) is 13.6 Å². The van der Waals surface area contributed by atoms with Gasteiger partial charge in [0.25, 0.3) is 11.3 Å². The molecule has 12 heteroatoms. The highest BCUT2D eigenvalue weighted by atomic mass is 32.2. The van der Waals surface area contributed by atoms with Crippen LogP contribution in [0.5, 0.6) is 5.88 Å². The molecule has 0 spiro atoms. The van der Waals surface area contributed by atoms with Crippen LogP contribution in [0.1, 0.15) is 18.9 Å². The number of hydrogen-bond acceptors (Lipinski definition) is 7. The van der Waals surface area contributed by atoms with E-state index in [4.69, 9.17) is 0 Å². The van der Waals surface area contributed by atoms with Crippen molar-refractivity contribution >= 4 is 21.4 Å². The number of nitro benzene ring substituents is 1. The van der Waals surface area contributed by atoms with Gasteiger partial charge in [0.2, 0.25) is 10.0 Å². The Kier molecular flexibility index (Phi) is 6.64. The molecule has 2 aromatic heterocycles. The summed E-state index contributed by atoms with van der Waals surface area (Å²) >= 11 is 0. The molecule has 180 valence electrons. The zero-order valence-corrected chi connectivity index (χ0v) is 19.5. The van der Waals surface area contributed by atoms with E-state index in [2.05, 4.69) is 0 Å². The van der Waals surface area contributed by atoms with Gasteiger partial charge in [0.15, 0.2) is 0 Å². The highest BCUT2D eigenvalue weighted by Gasteiger charge is 2.30. The molecule has 0 radical (unpaired) electrons. The smallest absolute Gasteiger partial charge is 0.346 e. The minimum Gasteiger partial charge on any atom is -0.842 e. The van der Waals surface area contributed by atoms with E-state index in [0.29, 0.717) is 25.3 Å². The maximum atomic E-state index is 13.1. The predicted molar refractivity (Wildman–Crippen MR) is 121 cm³/mol. The summed E-state index contributed by atoms with van der Waals surface area (Å²) in [6, 6.07) is 10.0. The number of rotatable bonds is 7. The molecular formula is C22H25N5O6S. The number of nitrogens with zero attached hydrogens (tertiary/aromatic N) is 5. The molecule has 0 amide bonds. The third kappa shape index (κ3) is 4.39. The van der Waals surface area contributed by atoms with Gasteiger partial charge >= 0.3 is 5.56 Å². The number of piperazine rings is 1. The largest absolute Gasteiger partial charge is 0.842 e. The average Bonchev–Trinajstić information content (AvgIpc) is 2.84. The standard InChI is InChI=1S/C22H25N5O6S/c1-2-10-25-20-5-3-4-11-26(20)22(29)19(21(25)28)16-23-12-14-24(15-13-23)34(32,33)18-8-6-17(7-9-18)27(30)31/h3-9,11H,2,10,12-16H2,1H3. The van der Waals surface area contributed by atoms with Crippen LogP contribution in [-0.2, 0) is 23.1 Å². The van der Waals surface area contributed by atoms with E-state index in [9.17, 15) is 28.4 Å². The van der Waals surface area contributed by atoms with Crippen LogP contribution in [0.25, 0.3) is 5.65 Å². The average molecular weight is 488 g/mol. The Morgan fingerprint density at radius 3 is 2.35 bits per heavy atom. The van der Waals surface area contributed by atoms with Crippen LogP contribution in [0.4, 0.5) is 5.69 Å². The number of nitro groups is 1. The highest BCUT2D eigenvalue weighted by molar-refractivity contribution is 7.89. The van der Waals surface area contributed by atoms with E-state index < -0.39 is 14.9 Å². The molecular weight excluding hydrogens is 462 g/mol. The van der Waals surface area contributed by atoms with Crippen molar-refractivity contribution < 1.29 is 23.0 Å². The summed E-state index contributed by atoms with van der Waals surface area (Å²) in [6.45, 7) is 3.62. The summed E-state index contributed by atoms with van der Waals surface area (Å²) in [7, 11) is -3.81. The van der Waals surface area contributed by atoms with Crippen molar-refractivity contribution in [3.8, 4) is 5.88 Å². The molecule has 1 aromatic carbocycles. The first-order chi connectivity index (χ1) is 16.2. The fourth-order valence-electron chi connectivity index (χ4n) is 4.15. The number of fused-ring (bicyclic) bond motifs is 1. The molecule has 0 aliphatic carbocycles. The topological polar surface area (TPSA) is 132 Å². The molecule has 0 saturated carbocycles. The number of benzene rings is 1. The number of pyridine rings is 1. The van der Waals surface area contributed by atoms with Gasteiger partial charge in [-0.2, -0.15) is 8.71 Å². The zero-order valence-electron chi connectivity index (χ0n) is 18.7. The summed E-state index contributed by atoms with van der Waals surface area (Å²) in [6.07, 6.45) is 2.38. The molecule has 34 heavy (non-hydrogen) atoms. The van der Waals surface area contributed by atoms with Crippen LogP contribution >= 0.6 is 0 Å². The lowest BCUT2D eigenvalue weighted by Crippen LogP contribution is -2.50. The second-order valence-corrected chi connectivity index (χ2v) is 10.0. The van der Waals surface area contributed by atoms with E-state index in [1.165, 1.54) is 20.8 Å². The van der Waals surface area contributed by atoms with Crippen LogP contribution in [-0.4, -0.2) is 53.1 Å². The Balaban J connectivity index is 1.52. The van der Waals surface area contributed by atoms with Crippen molar-refractivity contribution in [1.29, 1.82) is 0 Å². The van der Waals surface area contributed by atoms with E-state index >= 15 is 0 Å². The van der Waals surface area contributed by atoms with Crippen molar-refractivity contribution in [2.75, 3.05) is 26.2 Å². The minimum absolute atomic E-state index is 0.0122. The van der Waals surface area contributed by atoms with Crippen LogP contribution in [0.2, 0.25) is 0 Å².